The third-order valence-electron chi connectivity index (χ3n) is 4.45. The Morgan fingerprint density at radius 1 is 1.12 bits per heavy atom. The fourth-order valence-electron chi connectivity index (χ4n) is 2.85. The summed E-state index contributed by atoms with van der Waals surface area (Å²) in [6.07, 6.45) is 1.90. The molecule has 1 atom stereocenters. The van der Waals surface area contributed by atoms with Gasteiger partial charge in [0, 0.05) is 11.6 Å². The number of nitrogens with zero attached hydrogens (tertiary/aromatic N) is 1. The van der Waals surface area contributed by atoms with Gasteiger partial charge in [0.25, 0.3) is 11.8 Å². The Balaban J connectivity index is 1.99. The van der Waals surface area contributed by atoms with Crippen LogP contribution in [0.15, 0.2) is 60.7 Å². The van der Waals surface area contributed by atoms with Gasteiger partial charge >= 0.3 is 0 Å². The molecule has 0 saturated carbocycles. The highest BCUT2D eigenvalue weighted by molar-refractivity contribution is 6.42. The molecule has 170 valence electrons. The van der Waals surface area contributed by atoms with Gasteiger partial charge in [0.1, 0.15) is 11.5 Å². The first-order chi connectivity index (χ1) is 15.0. The molecule has 3 N–H and O–H groups in total. The van der Waals surface area contributed by atoms with Gasteiger partial charge in [-0.05, 0) is 50.9 Å². The van der Waals surface area contributed by atoms with Crippen molar-refractivity contribution in [2.24, 2.45) is 0 Å². The summed E-state index contributed by atoms with van der Waals surface area (Å²) in [6, 6.07) is 10.6. The molecule has 0 fully saturated rings. The van der Waals surface area contributed by atoms with E-state index >= 15 is 0 Å². The van der Waals surface area contributed by atoms with Crippen molar-refractivity contribution >= 4 is 23.2 Å². The number of amides is 2. The standard InChI is InChI=1S/C23H25F3N4O2/c1-15(16-7-6-8-17(13-16)23(25,26)14-30(2)3)28-22(32)19(27)11-12-21(31)29-20-10-5-4-9-18(20)24/h4-13,15,27H,14H2,1-3H3,(H,28,32)(H,29,31)/b12-11-,27-19?/t15-/m1/s1. The van der Waals surface area contributed by atoms with Crippen molar-refractivity contribution in [2.75, 3.05) is 26.0 Å². The van der Waals surface area contributed by atoms with Crippen molar-refractivity contribution in [3.05, 3.63) is 77.6 Å². The monoisotopic (exact) mass is 446 g/mol. The average Bonchev–Trinajstić information content (AvgIpc) is 2.72. The summed E-state index contributed by atoms with van der Waals surface area (Å²) >= 11 is 0. The fourth-order valence-corrected chi connectivity index (χ4v) is 2.85. The lowest BCUT2D eigenvalue weighted by Gasteiger charge is -2.22. The molecule has 0 heterocycles. The van der Waals surface area contributed by atoms with E-state index < -0.39 is 41.9 Å². The molecule has 32 heavy (non-hydrogen) atoms. The highest BCUT2D eigenvalue weighted by Crippen LogP contribution is 2.30. The Morgan fingerprint density at radius 2 is 1.81 bits per heavy atom. The van der Waals surface area contributed by atoms with Crippen molar-refractivity contribution < 1.29 is 22.8 Å². The molecule has 0 unspecified atom stereocenters. The summed E-state index contributed by atoms with van der Waals surface area (Å²) < 4.78 is 42.3. The van der Waals surface area contributed by atoms with E-state index in [4.69, 9.17) is 5.41 Å². The molecule has 0 radical (unpaired) electrons. The number of carbonyl (C=O) groups is 2. The van der Waals surface area contributed by atoms with Crippen LogP contribution in [-0.2, 0) is 15.5 Å². The van der Waals surface area contributed by atoms with Crippen molar-refractivity contribution in [2.45, 2.75) is 18.9 Å². The number of rotatable bonds is 9. The number of hydrogen-bond donors (Lipinski definition) is 3. The van der Waals surface area contributed by atoms with Crippen LogP contribution in [-0.4, -0.2) is 43.1 Å². The molecule has 0 aliphatic carbocycles. The first-order valence-corrected chi connectivity index (χ1v) is 9.75. The van der Waals surface area contributed by atoms with E-state index in [2.05, 4.69) is 10.6 Å². The van der Waals surface area contributed by atoms with Gasteiger partial charge in [-0.3, -0.25) is 15.0 Å². The van der Waals surface area contributed by atoms with Gasteiger partial charge in [-0.1, -0.05) is 30.3 Å². The number of nitrogens with one attached hydrogen (secondary N) is 3. The highest BCUT2D eigenvalue weighted by atomic mass is 19.3. The third kappa shape index (κ3) is 7.05. The number of hydrogen-bond acceptors (Lipinski definition) is 4. The van der Waals surface area contributed by atoms with E-state index in [1.165, 1.54) is 41.3 Å². The van der Waals surface area contributed by atoms with Crippen LogP contribution in [0, 0.1) is 11.2 Å². The van der Waals surface area contributed by atoms with Crippen LogP contribution in [0.3, 0.4) is 0 Å². The number of benzene rings is 2. The van der Waals surface area contributed by atoms with Crippen LogP contribution in [0.4, 0.5) is 18.9 Å². The molecule has 2 aromatic rings. The van der Waals surface area contributed by atoms with Gasteiger partial charge in [-0.15, -0.1) is 0 Å². The van der Waals surface area contributed by atoms with Gasteiger partial charge in [-0.25, -0.2) is 4.39 Å². The number of alkyl halides is 2. The van der Waals surface area contributed by atoms with E-state index in [1.807, 2.05) is 0 Å². The molecule has 9 heteroatoms. The lowest BCUT2D eigenvalue weighted by molar-refractivity contribution is -0.115. The van der Waals surface area contributed by atoms with Gasteiger partial charge in [0.2, 0.25) is 5.91 Å². The zero-order chi connectivity index (χ0) is 23.9. The van der Waals surface area contributed by atoms with Crippen LogP contribution in [0.5, 0.6) is 0 Å². The largest absolute Gasteiger partial charge is 0.344 e. The highest BCUT2D eigenvalue weighted by Gasteiger charge is 2.32. The molecule has 6 nitrogen and oxygen atoms in total. The molecule has 0 aliphatic heterocycles. The number of anilines is 1. The smallest absolute Gasteiger partial charge is 0.285 e. The Labute approximate surface area is 184 Å². The third-order valence-corrected chi connectivity index (χ3v) is 4.45. The Hall–Kier alpha value is -3.46. The molecule has 0 spiro atoms. The predicted molar refractivity (Wildman–Crippen MR) is 117 cm³/mol. The van der Waals surface area contributed by atoms with Crippen molar-refractivity contribution in [1.82, 2.24) is 10.2 Å². The topological polar surface area (TPSA) is 85.3 Å². The molecule has 2 rings (SSSR count). The summed E-state index contributed by atoms with van der Waals surface area (Å²) in [4.78, 5) is 25.5. The van der Waals surface area contributed by atoms with E-state index in [0.717, 1.165) is 12.2 Å². The second-order valence-corrected chi connectivity index (χ2v) is 7.48. The normalized spacial score (nSPS) is 12.6. The molecule has 2 aromatic carbocycles. The van der Waals surface area contributed by atoms with E-state index in [0.29, 0.717) is 5.56 Å². The molecule has 0 saturated heterocycles. The van der Waals surface area contributed by atoms with Crippen molar-refractivity contribution in [1.29, 1.82) is 5.41 Å². The number of likely N-dealkylation sites (N-methyl/N-ethyl adjacent to an activating group) is 1. The Kier molecular flexibility index (Phi) is 8.31. The molecular weight excluding hydrogens is 421 g/mol. The summed E-state index contributed by atoms with van der Waals surface area (Å²) in [5, 5.41) is 12.6. The lowest BCUT2D eigenvalue weighted by Crippen LogP contribution is -2.32. The van der Waals surface area contributed by atoms with E-state index in [-0.39, 0.29) is 11.3 Å². The van der Waals surface area contributed by atoms with E-state index in [9.17, 15) is 22.8 Å². The van der Waals surface area contributed by atoms with E-state index in [1.54, 1.807) is 33.2 Å². The maximum atomic E-state index is 14.4. The number of para-hydroxylation sites is 1. The van der Waals surface area contributed by atoms with Crippen LogP contribution >= 0.6 is 0 Å². The quantitative estimate of drug-likeness (QED) is 0.404. The average molecular weight is 446 g/mol. The summed E-state index contributed by atoms with van der Waals surface area (Å²) in [5.41, 5.74) is -0.278. The van der Waals surface area contributed by atoms with Crippen LogP contribution in [0.1, 0.15) is 24.1 Å². The van der Waals surface area contributed by atoms with Gasteiger partial charge in [0.05, 0.1) is 18.3 Å². The Bertz CT molecular complexity index is 1020. The van der Waals surface area contributed by atoms with Crippen LogP contribution in [0.2, 0.25) is 0 Å². The second kappa shape index (κ2) is 10.7. The first kappa shape index (κ1) is 24.8. The Morgan fingerprint density at radius 3 is 2.47 bits per heavy atom. The molecule has 0 bridgehead atoms. The maximum Gasteiger partial charge on any atom is 0.285 e. The van der Waals surface area contributed by atoms with Gasteiger partial charge in [-0.2, -0.15) is 8.78 Å². The second-order valence-electron chi connectivity index (χ2n) is 7.48. The first-order valence-electron chi connectivity index (χ1n) is 9.75. The number of carbonyl (C=O) groups excluding carboxylic acids is 2. The molecule has 0 aliphatic rings. The minimum Gasteiger partial charge on any atom is -0.344 e. The minimum atomic E-state index is -3.07. The van der Waals surface area contributed by atoms with Crippen molar-refractivity contribution in [3.8, 4) is 0 Å². The zero-order valence-electron chi connectivity index (χ0n) is 18.0. The SMILES string of the molecule is C[C@@H](NC(=O)C(=N)/C=C\C(=O)Nc1ccccc1F)c1cccc(C(F)(F)CN(C)C)c1. The van der Waals surface area contributed by atoms with Crippen LogP contribution in [0.25, 0.3) is 0 Å². The summed E-state index contributed by atoms with van der Waals surface area (Å²) in [7, 11) is 3.10. The summed E-state index contributed by atoms with van der Waals surface area (Å²) in [5.74, 6) is -5.19. The molecule has 0 aromatic heterocycles. The minimum absolute atomic E-state index is 0.0299. The molecule has 2 amide bonds. The molecular formula is C23H25F3N4O2. The van der Waals surface area contributed by atoms with Gasteiger partial charge < -0.3 is 15.5 Å². The fraction of sp³-hybridized carbons (Fsp3) is 0.261. The predicted octanol–water partition coefficient (Wildman–Crippen LogP) is 3.87. The number of halogens is 3. The zero-order valence-corrected chi connectivity index (χ0v) is 18.0. The van der Waals surface area contributed by atoms with Crippen LogP contribution < -0.4 is 10.6 Å². The van der Waals surface area contributed by atoms with Crippen molar-refractivity contribution in [3.63, 3.8) is 0 Å². The summed E-state index contributed by atoms with van der Waals surface area (Å²) in [6.45, 7) is 1.14. The lowest BCUT2D eigenvalue weighted by atomic mass is 10.0. The maximum absolute atomic E-state index is 14.4. The van der Waals surface area contributed by atoms with Gasteiger partial charge in [0.15, 0.2) is 0 Å².